The van der Waals surface area contributed by atoms with Gasteiger partial charge in [-0.15, -0.1) is 0 Å². The Labute approximate surface area is 83.1 Å². The average Bonchev–Trinajstić information content (AvgIpc) is 2.13. The molecule has 3 nitrogen and oxygen atoms in total. The van der Waals surface area contributed by atoms with Gasteiger partial charge in [-0.2, -0.15) is 5.26 Å². The monoisotopic (exact) mass is 188 g/mol. The largest absolute Gasteiger partial charge is 0.489 e. The molecule has 14 heavy (non-hydrogen) atoms. The second-order valence-corrected chi connectivity index (χ2v) is 3.54. The van der Waals surface area contributed by atoms with Gasteiger partial charge in [-0.3, -0.25) is 0 Å². The maximum absolute atomic E-state index is 8.86. The van der Waals surface area contributed by atoms with Crippen LogP contribution in [-0.4, -0.2) is 6.10 Å². The molecule has 0 saturated heterocycles. The van der Waals surface area contributed by atoms with E-state index < -0.39 is 0 Å². The van der Waals surface area contributed by atoms with Crippen LogP contribution in [0.3, 0.4) is 0 Å². The van der Waals surface area contributed by atoms with E-state index in [9.17, 15) is 0 Å². The zero-order valence-electron chi connectivity index (χ0n) is 7.86. The van der Waals surface area contributed by atoms with Crippen LogP contribution in [0.1, 0.15) is 24.8 Å². The number of nitrogen functional groups attached to an aromatic ring is 1. The van der Waals surface area contributed by atoms with Gasteiger partial charge in [0.1, 0.15) is 11.8 Å². The molecule has 0 unspecified atom stereocenters. The van der Waals surface area contributed by atoms with Crippen molar-refractivity contribution in [1.82, 2.24) is 0 Å². The van der Waals surface area contributed by atoms with Crippen LogP contribution in [0, 0.1) is 11.3 Å². The van der Waals surface area contributed by atoms with Gasteiger partial charge in [-0.05, 0) is 37.5 Å². The van der Waals surface area contributed by atoms with Crippen LogP contribution < -0.4 is 10.5 Å². The molecule has 0 spiro atoms. The molecule has 3 heteroatoms. The van der Waals surface area contributed by atoms with Crippen molar-refractivity contribution in [2.75, 3.05) is 5.73 Å². The lowest BCUT2D eigenvalue weighted by molar-refractivity contribution is 0.120. The lowest BCUT2D eigenvalue weighted by atomic mass is 9.96. The van der Waals surface area contributed by atoms with Crippen molar-refractivity contribution in [2.45, 2.75) is 25.4 Å². The summed E-state index contributed by atoms with van der Waals surface area (Å²) in [6.45, 7) is 0. The molecule has 1 fully saturated rings. The maximum Gasteiger partial charge on any atom is 0.137 e. The van der Waals surface area contributed by atoms with Crippen molar-refractivity contribution in [3.05, 3.63) is 23.8 Å². The minimum Gasteiger partial charge on any atom is -0.489 e. The fraction of sp³-hybridized carbons (Fsp3) is 0.364. The Kier molecular flexibility index (Phi) is 2.28. The molecule has 0 heterocycles. The number of nitriles is 1. The van der Waals surface area contributed by atoms with Gasteiger partial charge in [0, 0.05) is 5.69 Å². The summed E-state index contributed by atoms with van der Waals surface area (Å²) in [6, 6.07) is 7.26. The first-order valence-electron chi connectivity index (χ1n) is 4.76. The molecular weight excluding hydrogens is 176 g/mol. The van der Waals surface area contributed by atoms with Crippen LogP contribution in [0.4, 0.5) is 5.69 Å². The topological polar surface area (TPSA) is 59.0 Å². The zero-order chi connectivity index (χ0) is 9.97. The molecule has 1 aromatic rings. The molecule has 2 N–H and O–H groups in total. The molecular formula is C11H12N2O. The summed E-state index contributed by atoms with van der Waals surface area (Å²) in [6.07, 6.45) is 3.71. The lowest BCUT2D eigenvalue weighted by Crippen LogP contribution is -2.24. The number of benzene rings is 1. The Balaban J connectivity index is 2.19. The molecule has 0 bridgehead atoms. The predicted molar refractivity (Wildman–Crippen MR) is 53.8 cm³/mol. The van der Waals surface area contributed by atoms with Crippen molar-refractivity contribution in [3.8, 4) is 11.8 Å². The average molecular weight is 188 g/mol. The van der Waals surface area contributed by atoms with Gasteiger partial charge in [-0.1, -0.05) is 0 Å². The van der Waals surface area contributed by atoms with Crippen LogP contribution in [0.5, 0.6) is 5.75 Å². The van der Waals surface area contributed by atoms with Crippen LogP contribution >= 0.6 is 0 Å². The molecule has 2 rings (SSSR count). The summed E-state index contributed by atoms with van der Waals surface area (Å²) in [7, 11) is 0. The summed E-state index contributed by atoms with van der Waals surface area (Å²) < 4.78 is 5.65. The van der Waals surface area contributed by atoms with Gasteiger partial charge in [-0.25, -0.2) is 0 Å². The van der Waals surface area contributed by atoms with Gasteiger partial charge in [0.05, 0.1) is 11.7 Å². The third-order valence-corrected chi connectivity index (χ3v) is 2.47. The first kappa shape index (κ1) is 8.89. The van der Waals surface area contributed by atoms with Crippen molar-refractivity contribution >= 4 is 5.69 Å². The molecule has 0 amide bonds. The van der Waals surface area contributed by atoms with Gasteiger partial charge in [0.15, 0.2) is 0 Å². The summed E-state index contributed by atoms with van der Waals surface area (Å²) in [5, 5.41) is 8.86. The highest BCUT2D eigenvalue weighted by atomic mass is 16.5. The van der Waals surface area contributed by atoms with E-state index in [0.717, 1.165) is 12.8 Å². The minimum absolute atomic E-state index is 0.297. The third-order valence-electron chi connectivity index (χ3n) is 2.47. The summed E-state index contributed by atoms with van der Waals surface area (Å²) in [5.41, 5.74) is 6.70. The smallest absolute Gasteiger partial charge is 0.137 e. The number of nitrogens with zero attached hydrogens (tertiary/aromatic N) is 1. The van der Waals surface area contributed by atoms with Gasteiger partial charge in [0.25, 0.3) is 0 Å². The summed E-state index contributed by atoms with van der Waals surface area (Å²) in [5.74, 6) is 0.659. The van der Waals surface area contributed by atoms with Gasteiger partial charge >= 0.3 is 0 Å². The fourth-order valence-corrected chi connectivity index (χ4v) is 1.41. The third kappa shape index (κ3) is 1.64. The maximum atomic E-state index is 8.86. The predicted octanol–water partition coefficient (Wildman–Crippen LogP) is 2.07. The first-order chi connectivity index (χ1) is 6.79. The first-order valence-corrected chi connectivity index (χ1v) is 4.76. The quantitative estimate of drug-likeness (QED) is 0.723. The molecule has 1 saturated carbocycles. The minimum atomic E-state index is 0.297. The Morgan fingerprint density at radius 1 is 1.43 bits per heavy atom. The van der Waals surface area contributed by atoms with E-state index in [1.54, 1.807) is 18.2 Å². The SMILES string of the molecule is N#Cc1cc(N)ccc1OC1CCC1. The van der Waals surface area contributed by atoms with E-state index in [0.29, 0.717) is 23.1 Å². The van der Waals surface area contributed by atoms with E-state index in [1.165, 1.54) is 6.42 Å². The van der Waals surface area contributed by atoms with Crippen LogP contribution in [-0.2, 0) is 0 Å². The number of rotatable bonds is 2. The van der Waals surface area contributed by atoms with Crippen LogP contribution in [0.2, 0.25) is 0 Å². The zero-order valence-corrected chi connectivity index (χ0v) is 7.86. The van der Waals surface area contributed by atoms with E-state index in [-0.39, 0.29) is 0 Å². The highest BCUT2D eigenvalue weighted by Gasteiger charge is 2.20. The van der Waals surface area contributed by atoms with Crippen molar-refractivity contribution in [3.63, 3.8) is 0 Å². The normalized spacial score (nSPS) is 15.6. The van der Waals surface area contributed by atoms with E-state index in [4.69, 9.17) is 15.7 Å². The van der Waals surface area contributed by atoms with Crippen molar-refractivity contribution < 1.29 is 4.74 Å². The molecule has 0 aliphatic heterocycles. The Morgan fingerprint density at radius 3 is 2.79 bits per heavy atom. The van der Waals surface area contributed by atoms with E-state index >= 15 is 0 Å². The van der Waals surface area contributed by atoms with Gasteiger partial charge in [0.2, 0.25) is 0 Å². The Bertz CT molecular complexity index is 377. The number of hydrogen-bond acceptors (Lipinski definition) is 3. The molecule has 1 aliphatic rings. The number of ether oxygens (including phenoxy) is 1. The summed E-state index contributed by atoms with van der Waals surface area (Å²) in [4.78, 5) is 0. The van der Waals surface area contributed by atoms with E-state index in [2.05, 4.69) is 6.07 Å². The number of anilines is 1. The highest BCUT2D eigenvalue weighted by Crippen LogP contribution is 2.28. The number of hydrogen-bond donors (Lipinski definition) is 1. The second-order valence-electron chi connectivity index (χ2n) is 3.54. The van der Waals surface area contributed by atoms with Crippen molar-refractivity contribution in [2.24, 2.45) is 0 Å². The van der Waals surface area contributed by atoms with Crippen LogP contribution in [0.15, 0.2) is 18.2 Å². The standard InChI is InChI=1S/C11H12N2O/c12-7-8-6-9(13)4-5-11(8)14-10-2-1-3-10/h4-6,10H,1-3,13H2. The molecule has 0 radical (unpaired) electrons. The van der Waals surface area contributed by atoms with Crippen molar-refractivity contribution in [1.29, 1.82) is 5.26 Å². The van der Waals surface area contributed by atoms with E-state index in [1.807, 2.05) is 0 Å². The molecule has 1 aromatic carbocycles. The molecule has 0 atom stereocenters. The summed E-state index contributed by atoms with van der Waals surface area (Å²) >= 11 is 0. The van der Waals surface area contributed by atoms with Gasteiger partial charge < -0.3 is 10.5 Å². The highest BCUT2D eigenvalue weighted by molar-refractivity contribution is 5.53. The molecule has 0 aromatic heterocycles. The second kappa shape index (κ2) is 3.59. The Hall–Kier alpha value is -1.69. The van der Waals surface area contributed by atoms with Crippen LogP contribution in [0.25, 0.3) is 0 Å². The lowest BCUT2D eigenvalue weighted by Gasteiger charge is -2.26. The fourth-order valence-electron chi connectivity index (χ4n) is 1.41. The molecule has 72 valence electrons. The molecule has 1 aliphatic carbocycles. The number of nitrogens with two attached hydrogens (primary N) is 1. The Morgan fingerprint density at radius 2 is 2.21 bits per heavy atom.